The fraction of sp³-hybridized carbons (Fsp3) is 0.0741. The molecule has 0 unspecified atom stereocenters. The van der Waals surface area contributed by atoms with Gasteiger partial charge in [0.2, 0.25) is 0 Å². The van der Waals surface area contributed by atoms with Crippen LogP contribution in [0.5, 0.6) is 0 Å². The molecule has 1 aromatic heterocycles. The van der Waals surface area contributed by atoms with Gasteiger partial charge < -0.3 is 0 Å². The molecule has 9 aromatic rings. The summed E-state index contributed by atoms with van der Waals surface area (Å²) in [6, 6.07) is 70.7. The molecule has 2 nitrogen and oxygen atoms in total. The summed E-state index contributed by atoms with van der Waals surface area (Å²) in [7, 11) is 0. The molecule has 2 aliphatic carbocycles. The van der Waals surface area contributed by atoms with Crippen molar-refractivity contribution >= 4 is 10.8 Å². The Bertz CT molecular complexity index is 2880. The van der Waals surface area contributed by atoms with Crippen LogP contribution in [0.2, 0.25) is 0 Å². The molecule has 0 N–H and O–H groups in total. The average molecular weight is 715 g/mol. The van der Waals surface area contributed by atoms with Crippen LogP contribution in [0.1, 0.15) is 47.2 Å². The molecular formula is C54H38N2. The molecule has 0 fully saturated rings. The van der Waals surface area contributed by atoms with Crippen molar-refractivity contribution in [3.63, 3.8) is 0 Å². The Balaban J connectivity index is 1.26. The average Bonchev–Trinajstić information content (AvgIpc) is 3.56. The van der Waals surface area contributed by atoms with Gasteiger partial charge in [-0.3, -0.25) is 0 Å². The summed E-state index contributed by atoms with van der Waals surface area (Å²) in [6.07, 6.45) is 0. The molecule has 2 heteroatoms. The van der Waals surface area contributed by atoms with Crippen molar-refractivity contribution in [1.82, 2.24) is 9.97 Å². The van der Waals surface area contributed by atoms with Gasteiger partial charge in [-0.05, 0) is 78.5 Å². The van der Waals surface area contributed by atoms with Gasteiger partial charge in [-0.2, -0.15) is 0 Å². The van der Waals surface area contributed by atoms with Crippen LogP contribution in [-0.2, 0) is 10.8 Å². The topological polar surface area (TPSA) is 25.8 Å². The normalized spacial score (nSPS) is 14.2. The Hall–Kier alpha value is -6.90. The first-order chi connectivity index (χ1) is 27.5. The molecule has 0 radical (unpaired) electrons. The van der Waals surface area contributed by atoms with Crippen molar-refractivity contribution < 1.29 is 0 Å². The van der Waals surface area contributed by atoms with Gasteiger partial charge in [0, 0.05) is 22.1 Å². The smallest absolute Gasteiger partial charge is 0.161 e. The number of fused-ring (bicyclic) bond motifs is 10. The first kappa shape index (κ1) is 32.5. The van der Waals surface area contributed by atoms with Crippen molar-refractivity contribution in [2.45, 2.75) is 24.7 Å². The third kappa shape index (κ3) is 4.63. The fourth-order valence-corrected chi connectivity index (χ4v) is 9.87. The van der Waals surface area contributed by atoms with Crippen molar-refractivity contribution in [2.75, 3.05) is 0 Å². The summed E-state index contributed by atoms with van der Waals surface area (Å²) in [6.45, 7) is 4.75. The predicted molar refractivity (Wildman–Crippen MR) is 231 cm³/mol. The third-order valence-corrected chi connectivity index (χ3v) is 12.4. The summed E-state index contributed by atoms with van der Waals surface area (Å²) in [5, 5.41) is 2.48. The molecule has 11 rings (SSSR count). The lowest BCUT2D eigenvalue weighted by Gasteiger charge is -2.46. The van der Waals surface area contributed by atoms with E-state index in [4.69, 9.17) is 9.97 Å². The summed E-state index contributed by atoms with van der Waals surface area (Å²) in [4.78, 5) is 10.8. The van der Waals surface area contributed by atoms with E-state index in [1.807, 2.05) is 0 Å². The van der Waals surface area contributed by atoms with Crippen LogP contribution in [0.4, 0.5) is 0 Å². The van der Waals surface area contributed by atoms with Crippen LogP contribution < -0.4 is 0 Å². The van der Waals surface area contributed by atoms with Crippen LogP contribution in [0.15, 0.2) is 194 Å². The monoisotopic (exact) mass is 714 g/mol. The van der Waals surface area contributed by atoms with Crippen molar-refractivity contribution in [1.29, 1.82) is 0 Å². The van der Waals surface area contributed by atoms with Gasteiger partial charge in [0.15, 0.2) is 5.82 Å². The maximum absolute atomic E-state index is 5.41. The summed E-state index contributed by atoms with van der Waals surface area (Å²) >= 11 is 0. The SMILES string of the molecule is CC1(C)c2ccccc2C2(c3ccc(-c4cccc5ccccc45)cc3-c3c(-c4nc(-c5ccccc5)cc(-c5ccccc5)n4)cccc32)c2ccccc21. The summed E-state index contributed by atoms with van der Waals surface area (Å²) < 4.78 is 0. The molecule has 0 saturated carbocycles. The number of aromatic nitrogens is 2. The Morgan fingerprint density at radius 1 is 0.357 bits per heavy atom. The Kier molecular flexibility index (Phi) is 7.15. The minimum atomic E-state index is -0.542. The zero-order valence-corrected chi connectivity index (χ0v) is 31.4. The van der Waals surface area contributed by atoms with Crippen LogP contribution in [0.25, 0.3) is 66.9 Å². The Morgan fingerprint density at radius 2 is 0.875 bits per heavy atom. The van der Waals surface area contributed by atoms with Crippen molar-refractivity contribution in [3.05, 3.63) is 228 Å². The lowest BCUT2D eigenvalue weighted by atomic mass is 9.55. The van der Waals surface area contributed by atoms with Crippen LogP contribution >= 0.6 is 0 Å². The highest BCUT2D eigenvalue weighted by atomic mass is 14.9. The van der Waals surface area contributed by atoms with Gasteiger partial charge in [0.1, 0.15) is 0 Å². The second kappa shape index (κ2) is 12.3. The lowest BCUT2D eigenvalue weighted by Crippen LogP contribution is -2.40. The van der Waals surface area contributed by atoms with E-state index in [0.717, 1.165) is 33.9 Å². The van der Waals surface area contributed by atoms with E-state index >= 15 is 0 Å². The van der Waals surface area contributed by atoms with Crippen LogP contribution in [0.3, 0.4) is 0 Å². The van der Waals surface area contributed by atoms with Crippen molar-refractivity contribution in [3.8, 4) is 56.2 Å². The van der Waals surface area contributed by atoms with E-state index in [1.54, 1.807) is 0 Å². The molecular weight excluding hydrogens is 677 g/mol. The molecule has 0 bridgehead atoms. The molecule has 0 aliphatic heterocycles. The minimum Gasteiger partial charge on any atom is -0.228 e. The molecule has 56 heavy (non-hydrogen) atoms. The van der Waals surface area contributed by atoms with Gasteiger partial charge in [-0.25, -0.2) is 9.97 Å². The third-order valence-electron chi connectivity index (χ3n) is 12.4. The Morgan fingerprint density at radius 3 is 1.54 bits per heavy atom. The first-order valence-electron chi connectivity index (χ1n) is 19.5. The highest BCUT2D eigenvalue weighted by Gasteiger charge is 2.53. The van der Waals surface area contributed by atoms with E-state index in [9.17, 15) is 0 Å². The first-order valence-corrected chi connectivity index (χ1v) is 19.5. The van der Waals surface area contributed by atoms with Gasteiger partial charge in [-0.1, -0.05) is 196 Å². The van der Waals surface area contributed by atoms with E-state index in [1.165, 1.54) is 66.4 Å². The van der Waals surface area contributed by atoms with E-state index in [2.05, 4.69) is 208 Å². The van der Waals surface area contributed by atoms with E-state index in [0.29, 0.717) is 0 Å². The number of rotatable bonds is 4. The molecule has 0 atom stereocenters. The lowest BCUT2D eigenvalue weighted by molar-refractivity contribution is 0.563. The second-order valence-corrected chi connectivity index (χ2v) is 15.7. The number of hydrogen-bond donors (Lipinski definition) is 0. The van der Waals surface area contributed by atoms with Crippen LogP contribution in [0, 0.1) is 0 Å². The predicted octanol–water partition coefficient (Wildman–Crippen LogP) is 13.3. The highest BCUT2D eigenvalue weighted by molar-refractivity contribution is 6.01. The van der Waals surface area contributed by atoms with Crippen molar-refractivity contribution in [2.24, 2.45) is 0 Å². The van der Waals surface area contributed by atoms with Gasteiger partial charge in [0.05, 0.1) is 16.8 Å². The van der Waals surface area contributed by atoms with Gasteiger partial charge in [0.25, 0.3) is 0 Å². The number of hydrogen-bond acceptors (Lipinski definition) is 2. The largest absolute Gasteiger partial charge is 0.228 e. The standard InChI is InChI=1S/C54H38N2/c1-53(2)44-26-11-13-28-46(44)54(47-29-14-12-27-45(47)53)43-32-31-38(40-24-15-22-35-17-9-10-23-39(35)40)33-42(43)51-41(25-16-30-48(51)54)52-55-49(36-18-5-3-6-19-36)34-50(56-52)37-20-7-4-8-21-37/h3-34H,1-2H3. The van der Waals surface area contributed by atoms with E-state index < -0.39 is 5.41 Å². The molecule has 2 aliphatic rings. The molecule has 1 heterocycles. The maximum atomic E-state index is 5.41. The highest BCUT2D eigenvalue weighted by Crippen LogP contribution is 2.63. The quantitative estimate of drug-likeness (QED) is 0.181. The van der Waals surface area contributed by atoms with E-state index in [-0.39, 0.29) is 5.41 Å². The maximum Gasteiger partial charge on any atom is 0.161 e. The fourth-order valence-electron chi connectivity index (χ4n) is 9.87. The zero-order chi connectivity index (χ0) is 37.4. The second-order valence-electron chi connectivity index (χ2n) is 15.7. The summed E-state index contributed by atoms with van der Waals surface area (Å²) in [5.74, 6) is 0.721. The van der Waals surface area contributed by atoms with Crippen LogP contribution in [-0.4, -0.2) is 9.97 Å². The summed E-state index contributed by atoms with van der Waals surface area (Å²) in [5.41, 5.74) is 17.0. The molecule has 264 valence electrons. The zero-order valence-electron chi connectivity index (χ0n) is 31.4. The van der Waals surface area contributed by atoms with Gasteiger partial charge in [-0.15, -0.1) is 0 Å². The molecule has 8 aromatic carbocycles. The number of benzene rings is 8. The minimum absolute atomic E-state index is 0.181. The Labute approximate surface area is 327 Å². The molecule has 0 saturated heterocycles. The molecule has 1 spiro atoms. The number of nitrogens with zero attached hydrogens (tertiary/aromatic N) is 2. The van der Waals surface area contributed by atoms with Gasteiger partial charge >= 0.3 is 0 Å². The molecule has 0 amide bonds.